The van der Waals surface area contributed by atoms with Crippen LogP contribution < -0.4 is 0 Å². The molecule has 1 amide bonds. The highest BCUT2D eigenvalue weighted by Crippen LogP contribution is 2.27. The third-order valence-electron chi connectivity index (χ3n) is 3.77. The van der Waals surface area contributed by atoms with E-state index in [4.69, 9.17) is 9.63 Å². The van der Waals surface area contributed by atoms with Crippen molar-refractivity contribution in [3.05, 3.63) is 47.4 Å². The van der Waals surface area contributed by atoms with Gasteiger partial charge < -0.3 is 14.5 Å². The molecule has 0 aliphatic carbocycles. The summed E-state index contributed by atoms with van der Waals surface area (Å²) in [6, 6.07) is 7.45. The Morgan fingerprint density at radius 1 is 1.33 bits per heavy atom. The highest BCUT2D eigenvalue weighted by molar-refractivity contribution is 6.06. The molecule has 0 spiro atoms. The van der Waals surface area contributed by atoms with Crippen molar-refractivity contribution < 1.29 is 18.8 Å². The summed E-state index contributed by atoms with van der Waals surface area (Å²) < 4.78 is 18.3. The number of aromatic nitrogens is 2. The number of aryl methyl sites for hydroxylation is 1. The van der Waals surface area contributed by atoms with Gasteiger partial charge >= 0.3 is 0 Å². The van der Waals surface area contributed by atoms with Gasteiger partial charge in [-0.3, -0.25) is 4.79 Å². The predicted molar refractivity (Wildman–Crippen MR) is 86.0 cm³/mol. The van der Waals surface area contributed by atoms with Crippen molar-refractivity contribution in [2.24, 2.45) is 0 Å². The average Bonchev–Trinajstić information content (AvgIpc) is 2.95. The zero-order valence-electron chi connectivity index (χ0n) is 13.3. The lowest BCUT2D eigenvalue weighted by atomic mass is 10.0. The number of carbonyl (C=O) groups excluding carboxylic acids is 1. The minimum Gasteiger partial charge on any atom is -0.395 e. The number of hydrogen-bond donors (Lipinski definition) is 1. The van der Waals surface area contributed by atoms with E-state index in [-0.39, 0.29) is 30.6 Å². The van der Waals surface area contributed by atoms with Gasteiger partial charge in [-0.25, -0.2) is 9.37 Å². The van der Waals surface area contributed by atoms with Crippen molar-refractivity contribution in [1.82, 2.24) is 15.0 Å². The number of fused-ring (bicyclic) bond motifs is 1. The molecular weight excluding hydrogens is 313 g/mol. The number of aliphatic hydroxyl groups excluding tert-OH is 1. The molecule has 6 nitrogen and oxygen atoms in total. The van der Waals surface area contributed by atoms with Crippen LogP contribution in [0.3, 0.4) is 0 Å². The molecule has 7 heteroatoms. The second-order valence-electron chi connectivity index (χ2n) is 5.46. The number of rotatable bonds is 4. The first-order chi connectivity index (χ1) is 11.5. The molecule has 24 heavy (non-hydrogen) atoms. The molecule has 0 saturated carbocycles. The van der Waals surface area contributed by atoms with Gasteiger partial charge in [-0.15, -0.1) is 0 Å². The van der Waals surface area contributed by atoms with Gasteiger partial charge in [0.05, 0.1) is 28.9 Å². The maximum atomic E-state index is 13.1. The summed E-state index contributed by atoms with van der Waals surface area (Å²) in [6.45, 7) is 1.80. The Labute approximate surface area is 137 Å². The minimum absolute atomic E-state index is 0.135. The molecule has 0 bridgehead atoms. The summed E-state index contributed by atoms with van der Waals surface area (Å²) in [6.07, 6.45) is 0. The molecule has 2 aromatic heterocycles. The average molecular weight is 329 g/mol. The van der Waals surface area contributed by atoms with E-state index in [1.165, 1.54) is 17.0 Å². The van der Waals surface area contributed by atoms with Crippen LogP contribution in [0.5, 0.6) is 0 Å². The first-order valence-corrected chi connectivity index (χ1v) is 7.40. The van der Waals surface area contributed by atoms with Crippen LogP contribution >= 0.6 is 0 Å². The number of likely N-dealkylation sites (N-methyl/N-ethyl adjacent to an activating group) is 1. The largest absolute Gasteiger partial charge is 0.395 e. The maximum Gasteiger partial charge on any atom is 0.259 e. The van der Waals surface area contributed by atoms with E-state index in [1.807, 2.05) is 0 Å². The predicted octanol–water partition coefficient (Wildman–Crippen LogP) is 2.40. The molecular formula is C17H16FN3O3. The fourth-order valence-corrected chi connectivity index (χ4v) is 2.49. The number of benzene rings is 1. The standard InChI is InChI=1S/C17H16FN3O3/c1-10-15-13(17(23)21(2)7-8-22)9-14(19-16(15)24-20-10)11-3-5-12(18)6-4-11/h3-6,9,22H,7-8H2,1-2H3. The zero-order chi connectivity index (χ0) is 17.3. The van der Waals surface area contributed by atoms with Gasteiger partial charge in [0, 0.05) is 19.2 Å². The van der Waals surface area contributed by atoms with Gasteiger partial charge in [0.15, 0.2) is 0 Å². The quantitative estimate of drug-likeness (QED) is 0.795. The van der Waals surface area contributed by atoms with Crippen molar-refractivity contribution in [3.8, 4) is 11.3 Å². The monoisotopic (exact) mass is 329 g/mol. The van der Waals surface area contributed by atoms with Crippen LogP contribution in [0.2, 0.25) is 0 Å². The van der Waals surface area contributed by atoms with Crippen LogP contribution in [0, 0.1) is 12.7 Å². The fourth-order valence-electron chi connectivity index (χ4n) is 2.49. The highest BCUT2D eigenvalue weighted by atomic mass is 19.1. The summed E-state index contributed by atoms with van der Waals surface area (Å²) in [4.78, 5) is 18.5. The van der Waals surface area contributed by atoms with Crippen molar-refractivity contribution in [1.29, 1.82) is 0 Å². The second kappa shape index (κ2) is 6.37. The van der Waals surface area contributed by atoms with Gasteiger partial charge in [-0.2, -0.15) is 0 Å². The zero-order valence-corrected chi connectivity index (χ0v) is 13.3. The van der Waals surface area contributed by atoms with E-state index in [2.05, 4.69) is 10.1 Å². The van der Waals surface area contributed by atoms with Crippen molar-refractivity contribution in [2.75, 3.05) is 20.2 Å². The van der Waals surface area contributed by atoms with Crippen LogP contribution in [-0.4, -0.2) is 46.3 Å². The summed E-state index contributed by atoms with van der Waals surface area (Å²) in [7, 11) is 1.60. The van der Waals surface area contributed by atoms with Crippen molar-refractivity contribution in [3.63, 3.8) is 0 Å². The van der Waals surface area contributed by atoms with E-state index in [0.717, 1.165) is 0 Å². The lowest BCUT2D eigenvalue weighted by Gasteiger charge is -2.16. The Kier molecular flexibility index (Phi) is 4.26. The second-order valence-corrected chi connectivity index (χ2v) is 5.46. The first-order valence-electron chi connectivity index (χ1n) is 7.40. The fraction of sp³-hybridized carbons (Fsp3) is 0.235. The topological polar surface area (TPSA) is 79.5 Å². The molecule has 3 rings (SSSR count). The Morgan fingerprint density at radius 3 is 2.71 bits per heavy atom. The number of pyridine rings is 1. The summed E-state index contributed by atoms with van der Waals surface area (Å²) in [5.74, 6) is -0.625. The Balaban J connectivity index is 2.17. The number of nitrogens with zero attached hydrogens (tertiary/aromatic N) is 3. The van der Waals surface area contributed by atoms with Gasteiger partial charge in [-0.1, -0.05) is 5.16 Å². The molecule has 1 aromatic carbocycles. The van der Waals surface area contributed by atoms with E-state index in [1.54, 1.807) is 32.2 Å². The normalized spacial score (nSPS) is 11.0. The van der Waals surface area contributed by atoms with Gasteiger partial charge in [0.2, 0.25) is 0 Å². The number of halogens is 1. The molecule has 1 N–H and O–H groups in total. The number of hydrogen-bond acceptors (Lipinski definition) is 5. The Morgan fingerprint density at radius 2 is 2.04 bits per heavy atom. The number of aliphatic hydroxyl groups is 1. The van der Waals surface area contributed by atoms with E-state index in [0.29, 0.717) is 27.9 Å². The van der Waals surface area contributed by atoms with E-state index >= 15 is 0 Å². The lowest BCUT2D eigenvalue weighted by Crippen LogP contribution is -2.29. The number of amides is 1. The summed E-state index contributed by atoms with van der Waals surface area (Å²) in [5, 5.41) is 13.5. The maximum absolute atomic E-state index is 13.1. The molecule has 0 unspecified atom stereocenters. The smallest absolute Gasteiger partial charge is 0.259 e. The van der Waals surface area contributed by atoms with E-state index < -0.39 is 0 Å². The van der Waals surface area contributed by atoms with Crippen LogP contribution in [0.1, 0.15) is 16.1 Å². The molecule has 0 radical (unpaired) electrons. The van der Waals surface area contributed by atoms with Crippen LogP contribution in [0.15, 0.2) is 34.9 Å². The first kappa shape index (κ1) is 16.1. The molecule has 0 atom stereocenters. The molecule has 0 saturated heterocycles. The summed E-state index contributed by atoms with van der Waals surface area (Å²) in [5.41, 5.74) is 2.33. The molecule has 0 fully saturated rings. The Hall–Kier alpha value is -2.80. The summed E-state index contributed by atoms with van der Waals surface area (Å²) >= 11 is 0. The highest BCUT2D eigenvalue weighted by Gasteiger charge is 2.21. The van der Waals surface area contributed by atoms with Crippen LogP contribution in [0.4, 0.5) is 4.39 Å². The lowest BCUT2D eigenvalue weighted by molar-refractivity contribution is 0.0769. The third kappa shape index (κ3) is 2.85. The minimum atomic E-state index is -0.352. The van der Waals surface area contributed by atoms with Crippen LogP contribution in [0.25, 0.3) is 22.4 Å². The van der Waals surface area contributed by atoms with Gasteiger partial charge in [0.25, 0.3) is 11.6 Å². The molecule has 124 valence electrons. The number of carbonyl (C=O) groups is 1. The SMILES string of the molecule is Cc1noc2nc(-c3ccc(F)cc3)cc(C(=O)N(C)CCO)c12. The van der Waals surface area contributed by atoms with Gasteiger partial charge in [0.1, 0.15) is 5.82 Å². The van der Waals surface area contributed by atoms with Crippen molar-refractivity contribution >= 4 is 17.0 Å². The van der Waals surface area contributed by atoms with Gasteiger partial charge in [-0.05, 0) is 37.3 Å². The Bertz CT molecular complexity index is 890. The van der Waals surface area contributed by atoms with Crippen LogP contribution in [-0.2, 0) is 0 Å². The molecule has 0 aliphatic rings. The van der Waals surface area contributed by atoms with E-state index in [9.17, 15) is 9.18 Å². The van der Waals surface area contributed by atoms with Crippen molar-refractivity contribution in [2.45, 2.75) is 6.92 Å². The third-order valence-corrected chi connectivity index (χ3v) is 3.77. The molecule has 2 heterocycles. The molecule has 0 aliphatic heterocycles. The molecule has 3 aromatic rings.